The first kappa shape index (κ1) is 37.6. The molecule has 0 saturated carbocycles. The summed E-state index contributed by atoms with van der Waals surface area (Å²) in [5.41, 5.74) is 2.54. The molecule has 0 bridgehead atoms. The Hall–Kier alpha value is -4.23. The zero-order chi connectivity index (χ0) is 35.2. The van der Waals surface area contributed by atoms with E-state index in [1.165, 1.54) is 0 Å². The highest BCUT2D eigenvalue weighted by Crippen LogP contribution is 2.26. The number of benzene rings is 1. The monoisotopic (exact) mass is 679 g/mol. The molecular formula is C36H53N7O6. The predicted molar refractivity (Wildman–Crippen MR) is 189 cm³/mol. The molecule has 2 aromatic rings. The Kier molecular flexibility index (Phi) is 14.6. The van der Waals surface area contributed by atoms with Crippen LogP contribution in [-0.4, -0.2) is 146 Å². The van der Waals surface area contributed by atoms with E-state index in [0.717, 1.165) is 76.2 Å². The fourth-order valence-corrected chi connectivity index (χ4v) is 6.10. The van der Waals surface area contributed by atoms with Gasteiger partial charge in [-0.05, 0) is 58.6 Å². The van der Waals surface area contributed by atoms with Gasteiger partial charge in [0, 0.05) is 70.0 Å². The predicted octanol–water partition coefficient (Wildman–Crippen LogP) is 3.26. The number of carboxylic acids is 1. The van der Waals surface area contributed by atoms with E-state index in [-0.39, 0.29) is 37.5 Å². The first-order valence-electron chi connectivity index (χ1n) is 17.6. The highest BCUT2D eigenvalue weighted by Gasteiger charge is 2.31. The molecule has 1 aromatic carbocycles. The van der Waals surface area contributed by atoms with Gasteiger partial charge in [0.15, 0.2) is 0 Å². The van der Waals surface area contributed by atoms with Crippen molar-refractivity contribution >= 4 is 29.6 Å². The Bertz CT molecular complexity index is 1380. The SMILES string of the molecule is CCCCCOC(=O)N1CCN(C(=O)[C@H](CCC(=O)O)NC(=O)c2cc(N3CCN(CCCN(C)C)CC3)cc(-c3ccccc3)n2)CC1. The molecule has 3 amide bonds. The second kappa shape index (κ2) is 19.1. The Labute approximate surface area is 290 Å². The van der Waals surface area contributed by atoms with E-state index in [1.54, 1.807) is 15.9 Å². The molecule has 0 unspecified atom stereocenters. The van der Waals surface area contributed by atoms with Crippen LogP contribution < -0.4 is 10.2 Å². The van der Waals surface area contributed by atoms with Crippen molar-refractivity contribution in [1.82, 2.24) is 29.9 Å². The van der Waals surface area contributed by atoms with Crippen molar-refractivity contribution in [3.05, 3.63) is 48.2 Å². The Morgan fingerprint density at radius 3 is 2.27 bits per heavy atom. The van der Waals surface area contributed by atoms with Crippen LogP contribution in [0.5, 0.6) is 0 Å². The van der Waals surface area contributed by atoms with Crippen molar-refractivity contribution in [2.45, 2.75) is 51.5 Å². The number of rotatable bonds is 16. The van der Waals surface area contributed by atoms with Crippen LogP contribution >= 0.6 is 0 Å². The first-order chi connectivity index (χ1) is 23.6. The number of pyridine rings is 1. The summed E-state index contributed by atoms with van der Waals surface area (Å²) < 4.78 is 5.36. The summed E-state index contributed by atoms with van der Waals surface area (Å²) in [6.07, 6.45) is 3.18. The number of anilines is 1. The maximum absolute atomic E-state index is 13.8. The summed E-state index contributed by atoms with van der Waals surface area (Å²) in [6, 6.07) is 12.3. The molecule has 0 aliphatic carbocycles. The standard InChI is InChI=1S/C36H53N7O6/c1-4-5-9-25-49-36(48)43-23-21-42(22-24-43)35(47)30(13-14-33(44)45)38-34(46)32-27-29(26-31(37-32)28-11-7-6-8-12-28)41-19-17-40(18-20-41)16-10-15-39(2)3/h6-8,11-12,26-27,30H,4-5,9-10,13-25H2,1-3H3,(H,38,46)(H,44,45)/t30-/m0/s1. The lowest BCUT2D eigenvalue weighted by molar-refractivity contribution is -0.138. The van der Waals surface area contributed by atoms with E-state index in [0.29, 0.717) is 25.4 Å². The maximum Gasteiger partial charge on any atom is 0.409 e. The van der Waals surface area contributed by atoms with Crippen LogP contribution in [0.3, 0.4) is 0 Å². The van der Waals surface area contributed by atoms with E-state index < -0.39 is 24.0 Å². The molecule has 0 radical (unpaired) electrons. The van der Waals surface area contributed by atoms with Crippen LogP contribution in [0, 0.1) is 0 Å². The van der Waals surface area contributed by atoms with Gasteiger partial charge in [-0.2, -0.15) is 0 Å². The summed E-state index contributed by atoms with van der Waals surface area (Å²) in [7, 11) is 4.17. The number of hydrogen-bond donors (Lipinski definition) is 2. The van der Waals surface area contributed by atoms with Crippen molar-refractivity contribution < 1.29 is 29.0 Å². The number of aliphatic carboxylic acids is 1. The van der Waals surface area contributed by atoms with Gasteiger partial charge in [0.1, 0.15) is 11.7 Å². The van der Waals surface area contributed by atoms with Crippen LogP contribution in [0.25, 0.3) is 11.3 Å². The molecule has 2 fully saturated rings. The topological polar surface area (TPSA) is 139 Å². The average molecular weight is 680 g/mol. The van der Waals surface area contributed by atoms with Gasteiger partial charge in [-0.3, -0.25) is 19.3 Å². The van der Waals surface area contributed by atoms with Crippen molar-refractivity contribution in [2.75, 3.05) is 91.0 Å². The summed E-state index contributed by atoms with van der Waals surface area (Å²) in [4.78, 5) is 66.3. The highest BCUT2D eigenvalue weighted by atomic mass is 16.6. The fraction of sp³-hybridized carbons (Fsp3) is 0.583. The minimum Gasteiger partial charge on any atom is -0.481 e. The number of carbonyl (C=O) groups excluding carboxylic acids is 3. The third-order valence-corrected chi connectivity index (χ3v) is 9.00. The number of aromatic nitrogens is 1. The minimum absolute atomic E-state index is 0.0688. The van der Waals surface area contributed by atoms with Crippen LogP contribution in [0.2, 0.25) is 0 Å². The van der Waals surface area contributed by atoms with Gasteiger partial charge in [0.2, 0.25) is 5.91 Å². The Morgan fingerprint density at radius 2 is 1.61 bits per heavy atom. The summed E-state index contributed by atoms with van der Waals surface area (Å²) in [6.45, 7) is 9.07. The zero-order valence-corrected chi connectivity index (χ0v) is 29.3. The molecule has 13 heteroatoms. The van der Waals surface area contributed by atoms with Gasteiger partial charge in [-0.1, -0.05) is 50.1 Å². The average Bonchev–Trinajstić information content (AvgIpc) is 3.11. The van der Waals surface area contributed by atoms with Crippen molar-refractivity contribution in [2.24, 2.45) is 0 Å². The number of unbranched alkanes of at least 4 members (excludes halogenated alkanes) is 2. The molecule has 268 valence electrons. The maximum atomic E-state index is 13.8. The normalized spacial score (nSPS) is 16.0. The van der Waals surface area contributed by atoms with Crippen molar-refractivity contribution in [3.63, 3.8) is 0 Å². The largest absolute Gasteiger partial charge is 0.481 e. The second-order valence-corrected chi connectivity index (χ2v) is 13.0. The third kappa shape index (κ3) is 11.7. The number of ether oxygens (including phenoxy) is 1. The Morgan fingerprint density at radius 1 is 0.918 bits per heavy atom. The zero-order valence-electron chi connectivity index (χ0n) is 29.3. The molecule has 1 atom stereocenters. The van der Waals surface area contributed by atoms with Gasteiger partial charge < -0.3 is 34.8 Å². The number of nitrogens with zero attached hydrogens (tertiary/aromatic N) is 6. The summed E-state index contributed by atoms with van der Waals surface area (Å²) >= 11 is 0. The molecule has 1 aromatic heterocycles. The van der Waals surface area contributed by atoms with E-state index in [1.807, 2.05) is 36.4 Å². The van der Waals surface area contributed by atoms with E-state index in [2.05, 4.69) is 41.0 Å². The summed E-state index contributed by atoms with van der Waals surface area (Å²) in [5, 5.41) is 12.2. The van der Waals surface area contributed by atoms with Gasteiger partial charge in [0.25, 0.3) is 5.91 Å². The van der Waals surface area contributed by atoms with Crippen molar-refractivity contribution in [1.29, 1.82) is 0 Å². The van der Waals surface area contributed by atoms with Crippen LogP contribution in [0.1, 0.15) is 55.9 Å². The molecule has 2 aliphatic heterocycles. The van der Waals surface area contributed by atoms with Crippen molar-refractivity contribution in [3.8, 4) is 11.3 Å². The lowest BCUT2D eigenvalue weighted by Crippen LogP contribution is -2.56. The number of hydrogen-bond acceptors (Lipinski definition) is 9. The first-order valence-corrected chi connectivity index (χ1v) is 17.6. The number of piperazine rings is 2. The molecule has 4 rings (SSSR count). The quantitative estimate of drug-likeness (QED) is 0.254. The van der Waals surface area contributed by atoms with E-state index in [9.17, 15) is 24.3 Å². The highest BCUT2D eigenvalue weighted by molar-refractivity contribution is 5.97. The van der Waals surface area contributed by atoms with E-state index in [4.69, 9.17) is 9.72 Å². The van der Waals surface area contributed by atoms with Crippen LogP contribution in [0.4, 0.5) is 10.5 Å². The van der Waals surface area contributed by atoms with Gasteiger partial charge in [-0.15, -0.1) is 0 Å². The van der Waals surface area contributed by atoms with E-state index >= 15 is 0 Å². The molecule has 13 nitrogen and oxygen atoms in total. The van der Waals surface area contributed by atoms with Crippen LogP contribution in [-0.2, 0) is 14.3 Å². The lowest BCUT2D eigenvalue weighted by atomic mass is 10.1. The molecule has 49 heavy (non-hydrogen) atoms. The number of nitrogens with one attached hydrogen (secondary N) is 1. The fourth-order valence-electron chi connectivity index (χ4n) is 6.10. The van der Waals surface area contributed by atoms with Crippen LogP contribution in [0.15, 0.2) is 42.5 Å². The van der Waals surface area contributed by atoms with Gasteiger partial charge >= 0.3 is 12.1 Å². The molecule has 3 heterocycles. The lowest BCUT2D eigenvalue weighted by Gasteiger charge is -2.36. The summed E-state index contributed by atoms with van der Waals surface area (Å²) in [5.74, 6) is -1.98. The van der Waals surface area contributed by atoms with Gasteiger partial charge in [0.05, 0.1) is 12.3 Å². The molecule has 2 saturated heterocycles. The van der Waals surface area contributed by atoms with Gasteiger partial charge in [-0.25, -0.2) is 9.78 Å². The second-order valence-electron chi connectivity index (χ2n) is 13.0. The Balaban J connectivity index is 1.46. The minimum atomic E-state index is -1.06. The molecule has 0 spiro atoms. The smallest absolute Gasteiger partial charge is 0.409 e. The third-order valence-electron chi connectivity index (χ3n) is 9.00. The number of amides is 3. The molecule has 2 N–H and O–H groups in total. The number of carbonyl (C=O) groups is 4. The number of carboxylic acid groups (broad SMARTS) is 1. The molecular weight excluding hydrogens is 626 g/mol. The molecule has 2 aliphatic rings.